The van der Waals surface area contributed by atoms with Gasteiger partial charge in [0.05, 0.1) is 0 Å². The minimum Gasteiger partial charge on any atom is -0.445 e. The second-order valence-corrected chi connectivity index (χ2v) is 2.36. The first kappa shape index (κ1) is 10.1. The summed E-state index contributed by atoms with van der Waals surface area (Å²) in [6, 6.07) is 9.32. The molecule has 0 aromatic carbocycles. The fourth-order valence-corrected chi connectivity index (χ4v) is 0.903. The van der Waals surface area contributed by atoms with Gasteiger partial charge < -0.3 is 4.42 Å². The molecule has 0 unspecified atom stereocenters. The van der Waals surface area contributed by atoms with Crippen molar-refractivity contribution < 1.29 is 4.42 Å². The Morgan fingerprint density at radius 3 is 2.07 bits per heavy atom. The molecule has 15 heavy (non-hydrogen) atoms. The zero-order valence-electron chi connectivity index (χ0n) is 7.35. The summed E-state index contributed by atoms with van der Waals surface area (Å²) in [5.74, 6) is 0.0696. The van der Waals surface area contributed by atoms with Crippen LogP contribution in [0.25, 0.3) is 5.57 Å². The van der Waals surface area contributed by atoms with Crippen molar-refractivity contribution >= 4 is 5.57 Å². The Kier molecular flexibility index (Phi) is 2.87. The van der Waals surface area contributed by atoms with Crippen molar-refractivity contribution in [3.8, 4) is 24.3 Å². The molecule has 0 aliphatic rings. The van der Waals surface area contributed by atoms with Crippen LogP contribution in [0.5, 0.6) is 0 Å². The standard InChI is InChI=1S/C10H2N4O/c11-3-7(4-12)9(6-14)10-2-1-8(5-13)15-10/h1-2H. The minimum atomic E-state index is -0.337. The Morgan fingerprint density at radius 1 is 1.00 bits per heavy atom. The lowest BCUT2D eigenvalue weighted by molar-refractivity contribution is 0.540. The molecule has 0 N–H and O–H groups in total. The number of hydrogen-bond acceptors (Lipinski definition) is 5. The van der Waals surface area contributed by atoms with Gasteiger partial charge in [0.15, 0.2) is 5.57 Å². The molecule has 68 valence electrons. The first-order valence-electron chi connectivity index (χ1n) is 3.71. The minimum absolute atomic E-state index is 0.0213. The highest BCUT2D eigenvalue weighted by Gasteiger charge is 2.12. The van der Waals surface area contributed by atoms with Crippen molar-refractivity contribution in [3.63, 3.8) is 0 Å². The lowest BCUT2D eigenvalue weighted by atomic mass is 10.1. The van der Waals surface area contributed by atoms with E-state index in [2.05, 4.69) is 0 Å². The van der Waals surface area contributed by atoms with Gasteiger partial charge in [0.25, 0.3) is 0 Å². The maximum absolute atomic E-state index is 8.74. The number of hydrogen-bond donors (Lipinski definition) is 0. The summed E-state index contributed by atoms with van der Waals surface area (Å²) in [4.78, 5) is 0. The smallest absolute Gasteiger partial charge is 0.204 e. The average molecular weight is 194 g/mol. The third kappa shape index (κ3) is 1.83. The largest absolute Gasteiger partial charge is 0.445 e. The molecule has 0 saturated heterocycles. The summed E-state index contributed by atoms with van der Waals surface area (Å²) in [5, 5.41) is 34.4. The summed E-state index contributed by atoms with van der Waals surface area (Å²) >= 11 is 0. The molecular weight excluding hydrogens is 192 g/mol. The molecule has 0 atom stereocenters. The summed E-state index contributed by atoms with van der Waals surface area (Å²) in [6.45, 7) is 0. The van der Waals surface area contributed by atoms with Crippen molar-refractivity contribution in [1.29, 1.82) is 21.0 Å². The van der Waals surface area contributed by atoms with Gasteiger partial charge in [0.2, 0.25) is 5.76 Å². The summed E-state index contributed by atoms with van der Waals surface area (Å²) in [5.41, 5.74) is -0.502. The van der Waals surface area contributed by atoms with Gasteiger partial charge in [0, 0.05) is 0 Å². The number of furan rings is 1. The van der Waals surface area contributed by atoms with Crippen LogP contribution in [-0.4, -0.2) is 0 Å². The molecule has 1 heterocycles. The Hall–Kier alpha value is -3.02. The third-order valence-electron chi connectivity index (χ3n) is 1.55. The van der Waals surface area contributed by atoms with E-state index in [9.17, 15) is 0 Å². The first-order valence-corrected chi connectivity index (χ1v) is 3.71. The molecule has 1 aromatic rings. The van der Waals surface area contributed by atoms with E-state index in [-0.39, 0.29) is 22.7 Å². The van der Waals surface area contributed by atoms with E-state index in [4.69, 9.17) is 25.5 Å². The van der Waals surface area contributed by atoms with E-state index < -0.39 is 0 Å². The normalized spacial score (nSPS) is 7.73. The molecule has 5 heteroatoms. The molecule has 0 saturated carbocycles. The third-order valence-corrected chi connectivity index (χ3v) is 1.55. The van der Waals surface area contributed by atoms with Crippen molar-refractivity contribution in [2.75, 3.05) is 0 Å². The van der Waals surface area contributed by atoms with Gasteiger partial charge >= 0.3 is 0 Å². The highest BCUT2D eigenvalue weighted by molar-refractivity contribution is 5.82. The van der Waals surface area contributed by atoms with E-state index >= 15 is 0 Å². The van der Waals surface area contributed by atoms with Crippen molar-refractivity contribution in [2.24, 2.45) is 0 Å². The molecule has 1 aromatic heterocycles. The van der Waals surface area contributed by atoms with E-state index in [1.54, 1.807) is 24.3 Å². The SMILES string of the molecule is N#CC(C#N)=C(C#N)c1ccc(C#N)o1. The molecule has 0 bridgehead atoms. The monoisotopic (exact) mass is 194 g/mol. The Balaban J connectivity index is 3.36. The number of nitriles is 4. The summed E-state index contributed by atoms with van der Waals surface area (Å²) in [7, 11) is 0. The highest BCUT2D eigenvalue weighted by atomic mass is 16.3. The van der Waals surface area contributed by atoms with Gasteiger partial charge in [-0.15, -0.1) is 0 Å². The van der Waals surface area contributed by atoms with E-state index in [0.29, 0.717) is 0 Å². The molecule has 0 aliphatic carbocycles. The zero-order chi connectivity index (χ0) is 11.3. The Morgan fingerprint density at radius 2 is 1.67 bits per heavy atom. The topological polar surface area (TPSA) is 108 Å². The predicted molar refractivity (Wildman–Crippen MR) is 47.2 cm³/mol. The summed E-state index contributed by atoms with van der Waals surface area (Å²) in [6.07, 6.45) is 0. The van der Waals surface area contributed by atoms with Crippen LogP contribution in [0.15, 0.2) is 22.1 Å². The van der Waals surface area contributed by atoms with Gasteiger partial charge in [-0.1, -0.05) is 0 Å². The van der Waals surface area contributed by atoms with Gasteiger partial charge in [0.1, 0.15) is 35.6 Å². The van der Waals surface area contributed by atoms with E-state index in [0.717, 1.165) is 0 Å². The lowest BCUT2D eigenvalue weighted by Gasteiger charge is -1.90. The maximum atomic E-state index is 8.74. The second kappa shape index (κ2) is 4.28. The van der Waals surface area contributed by atoms with Crippen LogP contribution >= 0.6 is 0 Å². The molecule has 0 aliphatic heterocycles. The van der Waals surface area contributed by atoms with Crippen LogP contribution in [0.1, 0.15) is 11.5 Å². The van der Waals surface area contributed by atoms with Gasteiger partial charge in [-0.3, -0.25) is 0 Å². The molecule has 0 spiro atoms. The number of rotatable bonds is 1. The molecule has 0 fully saturated rings. The molecule has 0 amide bonds. The molecular formula is C10H2N4O. The van der Waals surface area contributed by atoms with Crippen LogP contribution in [0.4, 0.5) is 0 Å². The van der Waals surface area contributed by atoms with Crippen LogP contribution in [-0.2, 0) is 0 Å². The van der Waals surface area contributed by atoms with E-state index in [1.807, 2.05) is 0 Å². The van der Waals surface area contributed by atoms with Crippen LogP contribution < -0.4 is 0 Å². The molecule has 0 radical (unpaired) electrons. The van der Waals surface area contributed by atoms with Crippen LogP contribution in [0.3, 0.4) is 0 Å². The maximum Gasteiger partial charge on any atom is 0.204 e. The van der Waals surface area contributed by atoms with Gasteiger partial charge in [-0.05, 0) is 12.1 Å². The predicted octanol–water partition coefficient (Wildman–Crippen LogP) is 1.48. The van der Waals surface area contributed by atoms with Crippen LogP contribution in [0, 0.1) is 45.3 Å². The highest BCUT2D eigenvalue weighted by Crippen LogP contribution is 2.19. The Bertz CT molecular complexity index is 565. The second-order valence-electron chi connectivity index (χ2n) is 2.36. The van der Waals surface area contributed by atoms with Crippen molar-refractivity contribution in [1.82, 2.24) is 0 Å². The van der Waals surface area contributed by atoms with Crippen molar-refractivity contribution in [3.05, 3.63) is 29.2 Å². The Labute approximate surface area is 85.3 Å². The molecule has 5 nitrogen and oxygen atoms in total. The van der Waals surface area contributed by atoms with Gasteiger partial charge in [-0.2, -0.15) is 21.0 Å². The van der Waals surface area contributed by atoms with Gasteiger partial charge in [-0.25, -0.2) is 0 Å². The van der Waals surface area contributed by atoms with Crippen molar-refractivity contribution in [2.45, 2.75) is 0 Å². The number of nitrogens with zero attached hydrogens (tertiary/aromatic N) is 4. The summed E-state index contributed by atoms with van der Waals surface area (Å²) < 4.78 is 4.93. The zero-order valence-corrected chi connectivity index (χ0v) is 7.35. The van der Waals surface area contributed by atoms with E-state index in [1.165, 1.54) is 12.1 Å². The van der Waals surface area contributed by atoms with Crippen LogP contribution in [0.2, 0.25) is 0 Å². The molecule has 1 rings (SSSR count). The quantitative estimate of drug-likeness (QED) is 0.629. The number of allylic oxidation sites excluding steroid dienone is 2. The lowest BCUT2D eigenvalue weighted by Crippen LogP contribution is -1.83. The fraction of sp³-hybridized carbons (Fsp3) is 0. The fourth-order valence-electron chi connectivity index (χ4n) is 0.903. The average Bonchev–Trinajstić information content (AvgIpc) is 2.73. The first-order chi connectivity index (χ1) is 7.26.